The Morgan fingerprint density at radius 1 is 1.26 bits per heavy atom. The van der Waals surface area contributed by atoms with Crippen molar-refractivity contribution < 1.29 is 14.6 Å². The molecule has 0 aliphatic rings. The number of anilines is 1. The number of ether oxygens (including phenoxy) is 1. The molecular weight excluding hydrogens is 294 g/mol. The Balaban J connectivity index is 1.95. The van der Waals surface area contributed by atoms with Gasteiger partial charge < -0.3 is 15.2 Å². The molecule has 0 aliphatic heterocycles. The summed E-state index contributed by atoms with van der Waals surface area (Å²) in [5, 5.41) is 12.0. The summed E-state index contributed by atoms with van der Waals surface area (Å²) in [5.41, 5.74) is 0.672. The van der Waals surface area contributed by atoms with Crippen LogP contribution in [-0.2, 0) is 11.4 Å². The van der Waals surface area contributed by atoms with Gasteiger partial charge in [-0.05, 0) is 25.8 Å². The highest BCUT2D eigenvalue weighted by molar-refractivity contribution is 5.66. The van der Waals surface area contributed by atoms with Crippen molar-refractivity contribution in [3.8, 4) is 5.88 Å². The van der Waals surface area contributed by atoms with E-state index >= 15 is 0 Å². The van der Waals surface area contributed by atoms with Gasteiger partial charge in [0.2, 0.25) is 5.88 Å². The molecule has 1 aromatic heterocycles. The van der Waals surface area contributed by atoms with Gasteiger partial charge in [-0.3, -0.25) is 4.79 Å². The first-order chi connectivity index (χ1) is 10.9. The second kappa shape index (κ2) is 7.58. The number of hydrogen-bond donors (Lipinski definition) is 2. The Kier molecular flexibility index (Phi) is 5.51. The van der Waals surface area contributed by atoms with Gasteiger partial charge in [-0.2, -0.15) is 0 Å². The number of aromatic nitrogens is 2. The fourth-order valence-electron chi connectivity index (χ4n) is 2.05. The lowest BCUT2D eigenvalue weighted by Crippen LogP contribution is -2.32. The lowest BCUT2D eigenvalue weighted by molar-refractivity contribution is -0.137. The molecule has 0 amide bonds. The normalized spacial score (nSPS) is 11.0. The molecular formula is C17H21N3O3. The van der Waals surface area contributed by atoms with E-state index in [-0.39, 0.29) is 12.0 Å². The zero-order valence-corrected chi connectivity index (χ0v) is 13.3. The Bertz CT molecular complexity index is 645. The summed E-state index contributed by atoms with van der Waals surface area (Å²) in [5.74, 6) is 0.272. The van der Waals surface area contributed by atoms with E-state index in [4.69, 9.17) is 9.84 Å². The van der Waals surface area contributed by atoms with Gasteiger partial charge in [-0.15, -0.1) is 0 Å². The first kappa shape index (κ1) is 16.7. The van der Waals surface area contributed by atoms with Gasteiger partial charge in [0.1, 0.15) is 18.8 Å². The minimum atomic E-state index is -0.811. The van der Waals surface area contributed by atoms with Gasteiger partial charge >= 0.3 is 5.97 Å². The third-order valence-electron chi connectivity index (χ3n) is 3.30. The van der Waals surface area contributed by atoms with Crippen molar-refractivity contribution in [1.82, 2.24) is 9.97 Å². The monoisotopic (exact) mass is 315 g/mol. The average Bonchev–Trinajstić information content (AvgIpc) is 2.52. The maximum atomic E-state index is 10.7. The molecule has 23 heavy (non-hydrogen) atoms. The molecule has 1 heterocycles. The molecule has 1 aromatic carbocycles. The Morgan fingerprint density at radius 3 is 2.70 bits per heavy atom. The summed E-state index contributed by atoms with van der Waals surface area (Å²) in [6, 6.07) is 11.5. The van der Waals surface area contributed by atoms with Crippen molar-refractivity contribution in [2.24, 2.45) is 0 Å². The van der Waals surface area contributed by atoms with Crippen LogP contribution in [0, 0.1) is 0 Å². The second-order valence-electron chi connectivity index (χ2n) is 5.92. The second-order valence-corrected chi connectivity index (χ2v) is 5.92. The molecule has 6 heteroatoms. The van der Waals surface area contributed by atoms with Crippen LogP contribution in [0.3, 0.4) is 0 Å². The lowest BCUT2D eigenvalue weighted by Gasteiger charge is -2.26. The van der Waals surface area contributed by atoms with Gasteiger partial charge in [0.15, 0.2) is 0 Å². The number of carboxylic acid groups (broad SMARTS) is 1. The molecule has 0 fully saturated rings. The van der Waals surface area contributed by atoms with Crippen LogP contribution in [0.25, 0.3) is 0 Å². The summed E-state index contributed by atoms with van der Waals surface area (Å²) < 4.78 is 5.66. The van der Waals surface area contributed by atoms with Crippen LogP contribution in [0.4, 0.5) is 5.82 Å². The van der Waals surface area contributed by atoms with Crippen LogP contribution in [0.5, 0.6) is 5.88 Å². The highest BCUT2D eigenvalue weighted by atomic mass is 16.5. The van der Waals surface area contributed by atoms with Crippen molar-refractivity contribution in [1.29, 1.82) is 0 Å². The van der Waals surface area contributed by atoms with Crippen LogP contribution < -0.4 is 10.1 Å². The number of carbonyl (C=O) groups is 1. The molecule has 6 nitrogen and oxygen atoms in total. The third kappa shape index (κ3) is 5.94. The zero-order chi connectivity index (χ0) is 16.7. The van der Waals surface area contributed by atoms with E-state index in [1.54, 1.807) is 6.07 Å². The molecule has 0 radical (unpaired) electrons. The van der Waals surface area contributed by atoms with E-state index < -0.39 is 5.97 Å². The summed E-state index contributed by atoms with van der Waals surface area (Å²) in [7, 11) is 0. The quantitative estimate of drug-likeness (QED) is 0.778. The smallest absolute Gasteiger partial charge is 0.303 e. The molecule has 0 unspecified atom stereocenters. The predicted octanol–water partition coefficient (Wildman–Crippen LogP) is 3.11. The van der Waals surface area contributed by atoms with E-state index in [1.165, 1.54) is 6.33 Å². The van der Waals surface area contributed by atoms with Crippen molar-refractivity contribution >= 4 is 11.8 Å². The fourth-order valence-corrected chi connectivity index (χ4v) is 2.05. The highest BCUT2D eigenvalue weighted by Gasteiger charge is 2.19. The summed E-state index contributed by atoms with van der Waals surface area (Å²) in [6.45, 7) is 4.30. The van der Waals surface area contributed by atoms with Gasteiger partial charge in [-0.1, -0.05) is 30.3 Å². The Hall–Kier alpha value is -2.63. The average molecular weight is 315 g/mol. The number of hydrogen-bond acceptors (Lipinski definition) is 5. The zero-order valence-electron chi connectivity index (χ0n) is 13.3. The maximum Gasteiger partial charge on any atom is 0.303 e. The number of rotatable bonds is 8. The first-order valence-corrected chi connectivity index (χ1v) is 7.43. The van der Waals surface area contributed by atoms with Gasteiger partial charge in [0.25, 0.3) is 0 Å². The van der Waals surface area contributed by atoms with Crippen molar-refractivity contribution in [3.05, 3.63) is 48.3 Å². The Morgan fingerprint density at radius 2 is 2.00 bits per heavy atom. The number of nitrogens with zero attached hydrogens (tertiary/aromatic N) is 2. The van der Waals surface area contributed by atoms with Crippen LogP contribution in [0.15, 0.2) is 42.7 Å². The van der Waals surface area contributed by atoms with E-state index in [1.807, 2.05) is 44.2 Å². The van der Waals surface area contributed by atoms with Crippen LogP contribution in [-0.4, -0.2) is 26.6 Å². The molecule has 2 rings (SSSR count). The largest absolute Gasteiger partial charge is 0.481 e. The summed E-state index contributed by atoms with van der Waals surface area (Å²) in [4.78, 5) is 18.9. The minimum absolute atomic E-state index is 0.0997. The van der Waals surface area contributed by atoms with Crippen LogP contribution in [0.1, 0.15) is 32.3 Å². The molecule has 0 saturated carbocycles. The van der Waals surface area contributed by atoms with E-state index in [2.05, 4.69) is 15.3 Å². The van der Waals surface area contributed by atoms with Gasteiger partial charge in [0.05, 0.1) is 0 Å². The molecule has 0 spiro atoms. The molecule has 0 bridgehead atoms. The van der Waals surface area contributed by atoms with Crippen LogP contribution in [0.2, 0.25) is 0 Å². The van der Waals surface area contributed by atoms with Crippen molar-refractivity contribution in [2.45, 2.75) is 38.8 Å². The topological polar surface area (TPSA) is 84.3 Å². The number of aliphatic carboxylic acids is 1. The predicted molar refractivity (Wildman–Crippen MR) is 87.4 cm³/mol. The van der Waals surface area contributed by atoms with E-state index in [0.717, 1.165) is 5.56 Å². The summed E-state index contributed by atoms with van der Waals surface area (Å²) >= 11 is 0. The maximum absolute atomic E-state index is 10.7. The lowest BCUT2D eigenvalue weighted by atomic mass is 9.98. The molecule has 0 aliphatic carbocycles. The molecule has 0 saturated heterocycles. The number of benzene rings is 1. The van der Waals surface area contributed by atoms with Gasteiger partial charge in [0, 0.05) is 18.0 Å². The standard InChI is InChI=1S/C17H21N3O3/c1-17(2,9-8-16(21)22)20-14-10-15(19-12-18-14)23-11-13-6-4-3-5-7-13/h3-7,10,12H,8-9,11H2,1-2H3,(H,21,22)(H,18,19,20). The molecule has 122 valence electrons. The number of nitrogens with one attached hydrogen (secondary N) is 1. The first-order valence-electron chi connectivity index (χ1n) is 7.43. The molecule has 0 atom stereocenters. The molecule has 2 aromatic rings. The highest BCUT2D eigenvalue weighted by Crippen LogP contribution is 2.20. The van der Waals surface area contributed by atoms with E-state index in [0.29, 0.717) is 24.7 Å². The van der Waals surface area contributed by atoms with Crippen molar-refractivity contribution in [2.75, 3.05) is 5.32 Å². The third-order valence-corrected chi connectivity index (χ3v) is 3.30. The van der Waals surface area contributed by atoms with Crippen molar-refractivity contribution in [3.63, 3.8) is 0 Å². The SMILES string of the molecule is CC(C)(CCC(=O)O)Nc1cc(OCc2ccccc2)ncn1. The number of carboxylic acids is 1. The van der Waals surface area contributed by atoms with E-state index in [9.17, 15) is 4.79 Å². The minimum Gasteiger partial charge on any atom is -0.481 e. The Labute approximate surface area is 135 Å². The summed E-state index contributed by atoms with van der Waals surface area (Å²) in [6.07, 6.45) is 2.02. The van der Waals surface area contributed by atoms with Gasteiger partial charge in [-0.25, -0.2) is 9.97 Å². The van der Waals surface area contributed by atoms with Crippen LogP contribution >= 0.6 is 0 Å². The fraction of sp³-hybridized carbons (Fsp3) is 0.353. The molecule has 2 N–H and O–H groups in total.